The van der Waals surface area contributed by atoms with Gasteiger partial charge in [-0.05, 0) is 36.5 Å². The zero-order valence-electron chi connectivity index (χ0n) is 15.0. The van der Waals surface area contributed by atoms with Crippen LogP contribution in [0.25, 0.3) is 0 Å². The van der Waals surface area contributed by atoms with E-state index in [2.05, 4.69) is 30.7 Å². The molecule has 1 aliphatic heterocycles. The Bertz CT molecular complexity index is 817. The van der Waals surface area contributed by atoms with E-state index in [1.54, 1.807) is 6.07 Å². The molecule has 0 unspecified atom stereocenters. The molecule has 0 bridgehead atoms. The molecule has 0 radical (unpaired) electrons. The highest BCUT2D eigenvalue weighted by Gasteiger charge is 2.41. The highest BCUT2D eigenvalue weighted by Crippen LogP contribution is 2.42. The number of fused-ring (bicyclic) bond motifs is 1. The molecule has 2 aromatic carbocycles. The third-order valence-electron chi connectivity index (χ3n) is 5.42. The average Bonchev–Trinajstić information content (AvgIpc) is 2.74. The summed E-state index contributed by atoms with van der Waals surface area (Å²) in [6.07, 6.45) is 4.55. The lowest BCUT2D eigenvalue weighted by Crippen LogP contribution is -2.47. The number of sulfonamides is 1. The number of nitrogens with one attached hydrogen (secondary N) is 1. The normalized spacial score (nSPS) is 25.1. The lowest BCUT2D eigenvalue weighted by atomic mass is 9.77. The Kier molecular flexibility index (Phi) is 5.30. The molecule has 2 aromatic rings. The van der Waals surface area contributed by atoms with E-state index >= 15 is 0 Å². The van der Waals surface area contributed by atoms with Crippen molar-refractivity contribution in [2.45, 2.75) is 62.3 Å². The Morgan fingerprint density at radius 1 is 1.04 bits per heavy atom. The van der Waals surface area contributed by atoms with Crippen molar-refractivity contribution >= 4 is 10.0 Å². The maximum absolute atomic E-state index is 13.1. The van der Waals surface area contributed by atoms with Gasteiger partial charge in [0, 0.05) is 11.5 Å². The van der Waals surface area contributed by atoms with Gasteiger partial charge in [0.2, 0.25) is 10.0 Å². The second-order valence-corrected chi connectivity index (χ2v) is 8.70. The lowest BCUT2D eigenvalue weighted by Gasteiger charge is -2.34. The summed E-state index contributed by atoms with van der Waals surface area (Å²) in [7, 11) is -3.52. The van der Waals surface area contributed by atoms with Crippen LogP contribution in [0.2, 0.25) is 0 Å². The minimum Gasteiger partial charge on any atom is -0.207 e. The maximum Gasteiger partial charge on any atom is 0.241 e. The molecule has 0 saturated heterocycles. The molecular formula is C21H27NO2S. The predicted molar refractivity (Wildman–Crippen MR) is 102 cm³/mol. The molecule has 134 valence electrons. The van der Waals surface area contributed by atoms with Crippen molar-refractivity contribution < 1.29 is 8.42 Å². The third kappa shape index (κ3) is 3.65. The van der Waals surface area contributed by atoms with Gasteiger partial charge in [-0.15, -0.1) is 0 Å². The van der Waals surface area contributed by atoms with E-state index in [0.29, 0.717) is 4.90 Å². The molecule has 2 atom stereocenters. The van der Waals surface area contributed by atoms with Gasteiger partial charge in [0.05, 0.1) is 4.90 Å². The molecule has 4 heteroatoms. The van der Waals surface area contributed by atoms with Crippen LogP contribution in [0.1, 0.15) is 63.0 Å². The summed E-state index contributed by atoms with van der Waals surface area (Å²) in [6.45, 7) is 4.24. The van der Waals surface area contributed by atoms with E-state index in [9.17, 15) is 8.42 Å². The second kappa shape index (κ2) is 7.30. The summed E-state index contributed by atoms with van der Waals surface area (Å²) < 4.78 is 29.3. The zero-order valence-corrected chi connectivity index (χ0v) is 15.9. The minimum atomic E-state index is -3.52. The van der Waals surface area contributed by atoms with Crippen molar-refractivity contribution in [2.24, 2.45) is 0 Å². The van der Waals surface area contributed by atoms with Gasteiger partial charge in [-0.1, -0.05) is 75.2 Å². The number of hydrogen-bond acceptors (Lipinski definition) is 2. The van der Waals surface area contributed by atoms with Gasteiger partial charge in [0.25, 0.3) is 0 Å². The average molecular weight is 358 g/mol. The Labute approximate surface area is 151 Å². The fourth-order valence-electron chi connectivity index (χ4n) is 3.94. The van der Waals surface area contributed by atoms with Crippen LogP contribution in [0.15, 0.2) is 59.5 Å². The summed E-state index contributed by atoms with van der Waals surface area (Å²) >= 11 is 0. The number of unbranched alkanes of at least 4 members (excludes halogenated alkanes) is 1. The maximum atomic E-state index is 13.1. The van der Waals surface area contributed by atoms with Crippen LogP contribution in [0, 0.1) is 0 Å². The van der Waals surface area contributed by atoms with Crippen molar-refractivity contribution in [2.75, 3.05) is 0 Å². The third-order valence-corrected chi connectivity index (χ3v) is 7.07. The van der Waals surface area contributed by atoms with Gasteiger partial charge in [-0.25, -0.2) is 13.1 Å². The van der Waals surface area contributed by atoms with E-state index in [-0.39, 0.29) is 5.92 Å². The highest BCUT2D eigenvalue weighted by atomic mass is 32.2. The monoisotopic (exact) mass is 357 g/mol. The lowest BCUT2D eigenvalue weighted by molar-refractivity contribution is 0.300. The van der Waals surface area contributed by atoms with Crippen molar-refractivity contribution in [1.82, 2.24) is 4.72 Å². The Balaban J connectivity index is 2.17. The summed E-state index contributed by atoms with van der Waals surface area (Å²) in [5.41, 5.74) is 1.70. The van der Waals surface area contributed by atoms with Crippen molar-refractivity contribution in [3.63, 3.8) is 0 Å². The van der Waals surface area contributed by atoms with Crippen molar-refractivity contribution in [3.8, 4) is 0 Å². The van der Waals surface area contributed by atoms with Crippen LogP contribution in [-0.2, 0) is 10.0 Å². The van der Waals surface area contributed by atoms with Crippen LogP contribution < -0.4 is 4.72 Å². The summed E-state index contributed by atoms with van der Waals surface area (Å²) in [5.74, 6) is 0.0824. The molecule has 25 heavy (non-hydrogen) atoms. The molecule has 3 nitrogen and oxygen atoms in total. The van der Waals surface area contributed by atoms with Gasteiger partial charge in [-0.2, -0.15) is 0 Å². The molecule has 1 heterocycles. The van der Waals surface area contributed by atoms with Gasteiger partial charge < -0.3 is 0 Å². The van der Waals surface area contributed by atoms with Crippen LogP contribution in [-0.4, -0.2) is 14.0 Å². The van der Waals surface area contributed by atoms with E-state index in [4.69, 9.17) is 0 Å². The molecule has 0 spiro atoms. The first-order valence-electron chi connectivity index (χ1n) is 9.19. The van der Waals surface area contributed by atoms with E-state index in [1.807, 2.05) is 36.4 Å². The Hall–Kier alpha value is -1.65. The highest BCUT2D eigenvalue weighted by molar-refractivity contribution is 7.89. The van der Waals surface area contributed by atoms with Crippen molar-refractivity contribution in [1.29, 1.82) is 0 Å². The first kappa shape index (κ1) is 18.2. The first-order chi connectivity index (χ1) is 12.0. The fourth-order valence-corrected chi connectivity index (χ4v) is 5.73. The summed E-state index contributed by atoms with van der Waals surface area (Å²) in [6, 6.07) is 17.7. The van der Waals surface area contributed by atoms with E-state index in [1.165, 1.54) is 5.56 Å². The van der Waals surface area contributed by atoms with Crippen LogP contribution >= 0.6 is 0 Å². The Morgan fingerprint density at radius 2 is 1.72 bits per heavy atom. The van der Waals surface area contributed by atoms with Gasteiger partial charge in [0.1, 0.15) is 0 Å². The van der Waals surface area contributed by atoms with Crippen LogP contribution in [0.4, 0.5) is 0 Å². The van der Waals surface area contributed by atoms with Crippen LogP contribution in [0.3, 0.4) is 0 Å². The molecule has 1 aliphatic rings. The van der Waals surface area contributed by atoms with E-state index in [0.717, 1.165) is 37.7 Å². The first-order valence-corrected chi connectivity index (χ1v) is 10.7. The number of rotatable bonds is 5. The summed E-state index contributed by atoms with van der Waals surface area (Å²) in [5, 5.41) is 0. The molecule has 0 aromatic heterocycles. The second-order valence-electron chi connectivity index (χ2n) is 7.05. The molecular weight excluding hydrogens is 330 g/mol. The van der Waals surface area contributed by atoms with E-state index < -0.39 is 15.6 Å². The van der Waals surface area contributed by atoms with Gasteiger partial charge in [0.15, 0.2) is 0 Å². The van der Waals surface area contributed by atoms with Crippen molar-refractivity contribution in [3.05, 3.63) is 65.7 Å². The number of hydrogen-bond donors (Lipinski definition) is 1. The fraction of sp³-hybridized carbons (Fsp3) is 0.429. The molecule has 0 amide bonds. The quantitative estimate of drug-likeness (QED) is 0.832. The topological polar surface area (TPSA) is 46.2 Å². The minimum absolute atomic E-state index is 0.0824. The summed E-state index contributed by atoms with van der Waals surface area (Å²) in [4.78, 5) is 0.427. The van der Waals surface area contributed by atoms with Gasteiger partial charge in [-0.3, -0.25) is 0 Å². The molecule has 1 N–H and O–H groups in total. The standard InChI is InChI=1S/C21H27NO2S/c1-3-5-15-21(4-2)16-19(17-11-7-6-8-12-17)18-13-9-10-14-20(18)25(23,24)22-21/h6-14,19,22H,3-5,15-16H2,1-2H3/t19-,21+/m1/s1. The largest absolute Gasteiger partial charge is 0.241 e. The molecule has 0 saturated carbocycles. The zero-order chi connectivity index (χ0) is 17.9. The molecule has 3 rings (SSSR count). The molecule has 0 fully saturated rings. The molecule has 0 aliphatic carbocycles. The smallest absolute Gasteiger partial charge is 0.207 e. The van der Waals surface area contributed by atoms with Gasteiger partial charge >= 0.3 is 0 Å². The predicted octanol–water partition coefficient (Wildman–Crippen LogP) is 4.84. The van der Waals surface area contributed by atoms with Crippen LogP contribution in [0.5, 0.6) is 0 Å². The number of benzene rings is 2. The SMILES string of the molecule is CCCC[C@@]1(CC)C[C@H](c2ccccc2)c2ccccc2S(=O)(=O)N1. The Morgan fingerprint density at radius 3 is 2.40 bits per heavy atom.